The second-order valence-electron chi connectivity index (χ2n) is 2.57. The molecule has 1 aromatic carbocycles. The van der Waals surface area contributed by atoms with Gasteiger partial charge in [-0.2, -0.15) is 0 Å². The molecule has 0 amide bonds. The third-order valence-corrected chi connectivity index (χ3v) is 2.27. The Bertz CT molecular complexity index is 331. The van der Waals surface area contributed by atoms with E-state index in [1.807, 2.05) is 0 Å². The zero-order valence-corrected chi connectivity index (χ0v) is 7.73. The highest BCUT2D eigenvalue weighted by molar-refractivity contribution is 7.37. The Morgan fingerprint density at radius 3 is 2.23 bits per heavy atom. The van der Waals surface area contributed by atoms with Crippen molar-refractivity contribution in [2.45, 2.75) is 6.16 Å². The quantitative estimate of drug-likeness (QED) is 0.722. The number of benzene rings is 1. The Hall–Kier alpha value is -1.12. The topological polar surface area (TPSA) is 74.6 Å². The van der Waals surface area contributed by atoms with E-state index in [0.29, 0.717) is 5.56 Å². The summed E-state index contributed by atoms with van der Waals surface area (Å²) >= 11 is 0. The van der Waals surface area contributed by atoms with Gasteiger partial charge in [-0.05, 0) is 17.7 Å². The lowest BCUT2D eigenvalue weighted by Crippen LogP contribution is -1.95. The van der Waals surface area contributed by atoms with Crippen molar-refractivity contribution in [1.82, 2.24) is 0 Å². The first-order chi connectivity index (χ1) is 6.09. The van der Waals surface area contributed by atoms with Crippen LogP contribution in [0.1, 0.15) is 15.9 Å². The van der Waals surface area contributed by atoms with Gasteiger partial charge in [0.2, 0.25) is 0 Å². The maximum absolute atomic E-state index is 10.5. The van der Waals surface area contributed by atoms with Crippen LogP contribution in [0, 0.1) is 0 Å². The van der Waals surface area contributed by atoms with Crippen LogP contribution in [-0.4, -0.2) is 16.0 Å². The first-order valence-corrected chi connectivity index (χ1v) is 5.20. The Balaban J connectivity index is 2.81. The fourth-order valence-electron chi connectivity index (χ4n) is 0.940. The van der Waals surface area contributed by atoms with Gasteiger partial charge < -0.3 is 10.00 Å². The Morgan fingerprint density at radius 1 is 1.31 bits per heavy atom. The van der Waals surface area contributed by atoms with Crippen LogP contribution in [-0.2, 0) is 10.7 Å². The fourth-order valence-corrected chi connectivity index (χ4v) is 1.52. The predicted molar refractivity (Wildman–Crippen MR) is 48.3 cm³/mol. The lowest BCUT2D eigenvalue weighted by molar-refractivity contribution is 0.0697. The van der Waals surface area contributed by atoms with Gasteiger partial charge >= 0.3 is 5.97 Å². The summed E-state index contributed by atoms with van der Waals surface area (Å²) in [6.07, 6.45) is 0.102. The molecule has 1 unspecified atom stereocenters. The van der Waals surface area contributed by atoms with Gasteiger partial charge in [0.25, 0.3) is 0 Å². The van der Waals surface area contributed by atoms with E-state index in [1.165, 1.54) is 12.1 Å². The molecule has 70 valence electrons. The van der Waals surface area contributed by atoms with Gasteiger partial charge in [0.1, 0.15) is 0 Å². The van der Waals surface area contributed by atoms with Crippen LogP contribution in [0.15, 0.2) is 24.3 Å². The second-order valence-corrected chi connectivity index (χ2v) is 3.71. The van der Waals surface area contributed by atoms with Crippen molar-refractivity contribution in [2.75, 3.05) is 0 Å². The first kappa shape index (κ1) is 9.96. The molecular weight excluding hydrogens is 191 g/mol. The first-order valence-electron chi connectivity index (χ1n) is 3.63. The molecule has 5 heteroatoms. The number of rotatable bonds is 3. The van der Waals surface area contributed by atoms with E-state index in [1.54, 1.807) is 12.1 Å². The highest BCUT2D eigenvalue weighted by atomic mass is 31.1. The molecule has 4 nitrogen and oxygen atoms in total. The maximum atomic E-state index is 10.5. The van der Waals surface area contributed by atoms with E-state index in [9.17, 15) is 9.36 Å². The third-order valence-electron chi connectivity index (χ3n) is 1.56. The summed E-state index contributed by atoms with van der Waals surface area (Å²) in [6, 6.07) is 5.93. The van der Waals surface area contributed by atoms with Crippen LogP contribution < -0.4 is 0 Å². The Labute approximate surface area is 75.7 Å². The van der Waals surface area contributed by atoms with E-state index in [4.69, 9.17) is 10.00 Å². The maximum Gasteiger partial charge on any atom is 0.335 e. The molecule has 1 aromatic rings. The molecule has 2 N–H and O–H groups in total. The molecule has 0 heterocycles. The second kappa shape index (κ2) is 4.21. The minimum atomic E-state index is -2.52. The minimum Gasteiger partial charge on any atom is -0.478 e. The van der Waals surface area contributed by atoms with E-state index in [-0.39, 0.29) is 11.7 Å². The number of carboxylic acids is 1. The standard InChI is InChI=1S/C8H9O4P/c9-8(10)7-3-1-6(2-4-7)5-13(11)12/h1-4,13H,5H2,(H,9,10)(H,11,12). The minimum absolute atomic E-state index is 0.102. The van der Waals surface area contributed by atoms with Crippen molar-refractivity contribution in [3.05, 3.63) is 35.4 Å². The molecule has 1 rings (SSSR count). The van der Waals surface area contributed by atoms with Crippen molar-refractivity contribution in [1.29, 1.82) is 0 Å². The molecule has 0 bridgehead atoms. The summed E-state index contributed by atoms with van der Waals surface area (Å²) < 4.78 is 10.5. The molecule has 0 spiro atoms. The number of hydrogen-bond donors (Lipinski definition) is 2. The van der Waals surface area contributed by atoms with Gasteiger partial charge in [-0.15, -0.1) is 0 Å². The van der Waals surface area contributed by atoms with Crippen molar-refractivity contribution < 1.29 is 19.4 Å². The molecule has 0 aromatic heterocycles. The third kappa shape index (κ3) is 3.01. The van der Waals surface area contributed by atoms with Crippen molar-refractivity contribution >= 4 is 14.0 Å². The summed E-state index contributed by atoms with van der Waals surface area (Å²) in [6.45, 7) is 0. The van der Waals surface area contributed by atoms with Crippen LogP contribution in [0.25, 0.3) is 0 Å². The molecule has 0 fully saturated rings. The SMILES string of the molecule is O=C(O)c1ccc(C[PH](=O)O)cc1. The lowest BCUT2D eigenvalue weighted by atomic mass is 10.1. The van der Waals surface area contributed by atoms with Crippen molar-refractivity contribution in [3.8, 4) is 0 Å². The average molecular weight is 200 g/mol. The molecule has 0 aliphatic rings. The van der Waals surface area contributed by atoms with Crippen molar-refractivity contribution in [2.24, 2.45) is 0 Å². The van der Waals surface area contributed by atoms with Crippen LogP contribution in [0.4, 0.5) is 0 Å². The van der Waals surface area contributed by atoms with E-state index in [2.05, 4.69) is 0 Å². The molecular formula is C8H9O4P. The lowest BCUT2D eigenvalue weighted by Gasteiger charge is -1.98. The zero-order chi connectivity index (χ0) is 9.84. The molecule has 13 heavy (non-hydrogen) atoms. The van der Waals surface area contributed by atoms with Gasteiger partial charge in [0.15, 0.2) is 8.03 Å². The van der Waals surface area contributed by atoms with Crippen LogP contribution in [0.2, 0.25) is 0 Å². The Morgan fingerprint density at radius 2 is 1.85 bits per heavy atom. The summed E-state index contributed by atoms with van der Waals surface area (Å²) in [7, 11) is -2.52. The normalized spacial score (nSPS) is 12.4. The van der Waals surface area contributed by atoms with E-state index >= 15 is 0 Å². The summed E-state index contributed by atoms with van der Waals surface area (Å²) in [5.41, 5.74) is 0.859. The average Bonchev–Trinajstić information content (AvgIpc) is 2.04. The van der Waals surface area contributed by atoms with Gasteiger partial charge in [-0.1, -0.05) is 12.1 Å². The molecule has 0 saturated carbocycles. The molecule has 0 saturated heterocycles. The number of hydrogen-bond acceptors (Lipinski definition) is 2. The number of aromatic carboxylic acids is 1. The highest BCUT2D eigenvalue weighted by Crippen LogP contribution is 2.21. The van der Waals surface area contributed by atoms with Gasteiger partial charge in [-0.3, -0.25) is 4.57 Å². The summed E-state index contributed by atoms with van der Waals surface area (Å²) in [5.74, 6) is -0.997. The molecule has 1 atom stereocenters. The molecule has 0 aliphatic heterocycles. The number of carbonyl (C=O) groups is 1. The fraction of sp³-hybridized carbons (Fsp3) is 0.125. The van der Waals surface area contributed by atoms with Gasteiger partial charge in [-0.25, -0.2) is 4.79 Å². The molecule has 0 radical (unpaired) electrons. The van der Waals surface area contributed by atoms with Gasteiger partial charge in [0, 0.05) is 6.16 Å². The van der Waals surface area contributed by atoms with E-state index < -0.39 is 14.0 Å². The predicted octanol–water partition coefficient (Wildman–Crippen LogP) is 1.35. The van der Waals surface area contributed by atoms with Crippen LogP contribution in [0.3, 0.4) is 0 Å². The van der Waals surface area contributed by atoms with Crippen LogP contribution in [0.5, 0.6) is 0 Å². The zero-order valence-electron chi connectivity index (χ0n) is 6.73. The van der Waals surface area contributed by atoms with Crippen molar-refractivity contribution in [3.63, 3.8) is 0 Å². The summed E-state index contributed by atoms with van der Waals surface area (Å²) in [5, 5.41) is 8.55. The Kier molecular flexibility index (Phi) is 3.23. The number of carboxylic acid groups (broad SMARTS) is 1. The smallest absolute Gasteiger partial charge is 0.335 e. The monoisotopic (exact) mass is 200 g/mol. The van der Waals surface area contributed by atoms with Gasteiger partial charge in [0.05, 0.1) is 5.56 Å². The van der Waals surface area contributed by atoms with E-state index in [0.717, 1.165) is 0 Å². The van der Waals surface area contributed by atoms with Crippen LogP contribution >= 0.6 is 8.03 Å². The largest absolute Gasteiger partial charge is 0.478 e. The molecule has 0 aliphatic carbocycles. The highest BCUT2D eigenvalue weighted by Gasteiger charge is 2.02. The summed E-state index contributed by atoms with van der Waals surface area (Å²) in [4.78, 5) is 19.0.